The van der Waals surface area contributed by atoms with Gasteiger partial charge in [0.05, 0.1) is 11.1 Å². The van der Waals surface area contributed by atoms with Crippen molar-refractivity contribution in [1.82, 2.24) is 9.97 Å². The average Bonchev–Trinajstić information content (AvgIpc) is 2.55. The molecule has 2 nitrogen and oxygen atoms in total. The Morgan fingerprint density at radius 2 is 2.45 bits per heavy atom. The van der Waals surface area contributed by atoms with Crippen LogP contribution in [-0.2, 0) is 0 Å². The number of hydrogen-bond donors (Lipinski definition) is 1. The van der Waals surface area contributed by atoms with E-state index in [0.29, 0.717) is 0 Å². The van der Waals surface area contributed by atoms with Gasteiger partial charge in [0, 0.05) is 0 Å². The largest absolute Gasteiger partial charge is 0.332 e. The van der Waals surface area contributed by atoms with Crippen LogP contribution in [0.3, 0.4) is 0 Å². The maximum atomic E-state index is 4.17. The van der Waals surface area contributed by atoms with Gasteiger partial charge in [-0.1, -0.05) is 6.07 Å². The van der Waals surface area contributed by atoms with Crippen LogP contribution in [0.25, 0.3) is 10.7 Å². The number of nitrogens with zero attached hydrogens (tertiary/aromatic N) is 1. The number of imidazole rings is 1. The quantitative estimate of drug-likeness (QED) is 0.800. The van der Waals surface area contributed by atoms with Gasteiger partial charge in [-0.3, -0.25) is 0 Å². The molecule has 0 saturated carbocycles. The Kier molecular flexibility index (Phi) is 1.79. The predicted octanol–water partition coefficient (Wildman–Crippen LogP) is 2.90. The van der Waals surface area contributed by atoms with Crippen LogP contribution in [0.4, 0.5) is 0 Å². The fourth-order valence-corrected chi connectivity index (χ4v) is 1.80. The van der Waals surface area contributed by atoms with E-state index in [1.54, 1.807) is 17.5 Å². The third-order valence-electron chi connectivity index (χ3n) is 1.30. The van der Waals surface area contributed by atoms with Crippen molar-refractivity contribution >= 4 is 27.3 Å². The minimum Gasteiger partial charge on any atom is -0.332 e. The zero-order valence-corrected chi connectivity index (χ0v) is 7.95. The lowest BCUT2D eigenvalue weighted by molar-refractivity contribution is 1.32. The lowest BCUT2D eigenvalue weighted by Crippen LogP contribution is -1.72. The van der Waals surface area contributed by atoms with E-state index in [4.69, 9.17) is 0 Å². The molecule has 2 rings (SSSR count). The number of rotatable bonds is 1. The highest BCUT2D eigenvalue weighted by molar-refractivity contribution is 9.10. The molecule has 0 aliphatic rings. The van der Waals surface area contributed by atoms with Gasteiger partial charge in [-0.15, -0.1) is 11.3 Å². The zero-order valence-electron chi connectivity index (χ0n) is 5.54. The topological polar surface area (TPSA) is 28.7 Å². The Morgan fingerprint density at radius 3 is 3.00 bits per heavy atom. The van der Waals surface area contributed by atoms with E-state index in [2.05, 4.69) is 25.9 Å². The molecule has 0 spiro atoms. The van der Waals surface area contributed by atoms with Gasteiger partial charge >= 0.3 is 0 Å². The fraction of sp³-hybridized carbons (Fsp3) is 0. The van der Waals surface area contributed by atoms with Crippen molar-refractivity contribution in [3.05, 3.63) is 28.3 Å². The van der Waals surface area contributed by atoms with Crippen LogP contribution < -0.4 is 0 Å². The van der Waals surface area contributed by atoms with Crippen molar-refractivity contribution in [3.63, 3.8) is 0 Å². The first-order valence-corrected chi connectivity index (χ1v) is 4.78. The van der Waals surface area contributed by atoms with Gasteiger partial charge in [0.15, 0.2) is 0 Å². The first-order valence-electron chi connectivity index (χ1n) is 3.10. The molecule has 2 aromatic heterocycles. The molecule has 11 heavy (non-hydrogen) atoms. The summed E-state index contributed by atoms with van der Waals surface area (Å²) < 4.78 is 0.918. The number of thiophene rings is 1. The fourth-order valence-electron chi connectivity index (χ4n) is 0.837. The first-order chi connectivity index (χ1) is 5.36. The van der Waals surface area contributed by atoms with Gasteiger partial charge in [-0.2, -0.15) is 0 Å². The molecule has 0 amide bonds. The molecule has 0 fully saturated rings. The number of hydrogen-bond acceptors (Lipinski definition) is 2. The molecule has 0 unspecified atom stereocenters. The van der Waals surface area contributed by atoms with Gasteiger partial charge in [-0.25, -0.2) is 4.98 Å². The summed E-state index contributed by atoms with van der Waals surface area (Å²) in [6.45, 7) is 0. The average molecular weight is 229 g/mol. The molecule has 0 aliphatic heterocycles. The second-order valence-corrected chi connectivity index (χ2v) is 3.86. The third kappa shape index (κ3) is 1.36. The summed E-state index contributed by atoms with van der Waals surface area (Å²) >= 11 is 4.98. The normalized spacial score (nSPS) is 10.3. The molecule has 1 N–H and O–H groups in total. The molecular formula is C7H5BrN2S. The summed E-state index contributed by atoms with van der Waals surface area (Å²) in [4.78, 5) is 8.42. The number of aromatic amines is 1. The molecule has 4 heteroatoms. The van der Waals surface area contributed by atoms with E-state index in [9.17, 15) is 0 Å². The van der Waals surface area contributed by atoms with Crippen LogP contribution in [0.2, 0.25) is 0 Å². The second kappa shape index (κ2) is 2.79. The van der Waals surface area contributed by atoms with Gasteiger partial charge in [-0.05, 0) is 27.4 Å². The Balaban J connectivity index is 2.45. The molecule has 0 aliphatic carbocycles. The van der Waals surface area contributed by atoms with Crippen molar-refractivity contribution in [2.24, 2.45) is 0 Å². The third-order valence-corrected chi connectivity index (χ3v) is 2.58. The van der Waals surface area contributed by atoms with Crippen molar-refractivity contribution in [3.8, 4) is 10.7 Å². The lowest BCUT2D eigenvalue weighted by atomic mass is 10.4. The first kappa shape index (κ1) is 7.06. The van der Waals surface area contributed by atoms with Crippen LogP contribution in [-0.4, -0.2) is 9.97 Å². The predicted molar refractivity (Wildman–Crippen MR) is 49.6 cm³/mol. The molecule has 0 atom stereocenters. The van der Waals surface area contributed by atoms with Crippen LogP contribution in [0.15, 0.2) is 28.3 Å². The zero-order chi connectivity index (χ0) is 7.68. The summed E-state index contributed by atoms with van der Waals surface area (Å²) in [6.07, 6.45) is 1.76. The second-order valence-electron chi connectivity index (χ2n) is 2.06. The molecule has 2 aromatic rings. The van der Waals surface area contributed by atoms with Gasteiger partial charge in [0.2, 0.25) is 0 Å². The standard InChI is InChI=1S/C7H5BrN2S/c8-6-4-9-7(10-6)5-2-1-3-11-5/h1-4H,(H,9,10). The highest BCUT2D eigenvalue weighted by Gasteiger charge is 2.00. The Bertz CT molecular complexity index is 339. The van der Waals surface area contributed by atoms with Crippen LogP contribution in [0.1, 0.15) is 0 Å². The van der Waals surface area contributed by atoms with E-state index >= 15 is 0 Å². The van der Waals surface area contributed by atoms with Crippen LogP contribution >= 0.6 is 27.3 Å². The van der Waals surface area contributed by atoms with E-state index in [1.807, 2.05) is 17.5 Å². The smallest absolute Gasteiger partial charge is 0.148 e. The monoisotopic (exact) mass is 228 g/mol. The number of halogens is 1. The summed E-state index contributed by atoms with van der Waals surface area (Å²) in [5, 5.41) is 2.03. The number of aromatic nitrogens is 2. The number of H-pyrrole nitrogens is 1. The number of nitrogens with one attached hydrogen (secondary N) is 1. The Morgan fingerprint density at radius 1 is 1.55 bits per heavy atom. The van der Waals surface area contributed by atoms with Crippen molar-refractivity contribution in [2.45, 2.75) is 0 Å². The SMILES string of the molecule is Brc1cnc(-c2cccs2)[nH]1. The molecular weight excluding hydrogens is 224 g/mol. The maximum Gasteiger partial charge on any atom is 0.148 e. The van der Waals surface area contributed by atoms with Crippen molar-refractivity contribution in [2.75, 3.05) is 0 Å². The molecule has 0 bridgehead atoms. The maximum absolute atomic E-state index is 4.17. The van der Waals surface area contributed by atoms with Gasteiger partial charge < -0.3 is 4.98 Å². The lowest BCUT2D eigenvalue weighted by Gasteiger charge is -1.86. The molecule has 0 aromatic carbocycles. The van der Waals surface area contributed by atoms with Gasteiger partial charge in [0.25, 0.3) is 0 Å². The van der Waals surface area contributed by atoms with Crippen molar-refractivity contribution < 1.29 is 0 Å². The molecule has 0 radical (unpaired) electrons. The van der Waals surface area contributed by atoms with Crippen LogP contribution in [0, 0.1) is 0 Å². The molecule has 2 heterocycles. The minimum atomic E-state index is 0.918. The Labute approximate surface area is 76.4 Å². The van der Waals surface area contributed by atoms with E-state index in [-0.39, 0.29) is 0 Å². The van der Waals surface area contributed by atoms with Gasteiger partial charge in [0.1, 0.15) is 10.4 Å². The van der Waals surface area contributed by atoms with E-state index in [0.717, 1.165) is 15.3 Å². The minimum absolute atomic E-state index is 0.918. The summed E-state index contributed by atoms with van der Waals surface area (Å²) in [7, 11) is 0. The Hall–Kier alpha value is -0.610. The summed E-state index contributed by atoms with van der Waals surface area (Å²) in [5.74, 6) is 0.923. The summed E-state index contributed by atoms with van der Waals surface area (Å²) in [5.41, 5.74) is 0. The highest BCUT2D eigenvalue weighted by atomic mass is 79.9. The van der Waals surface area contributed by atoms with Crippen LogP contribution in [0.5, 0.6) is 0 Å². The van der Waals surface area contributed by atoms with E-state index in [1.165, 1.54) is 0 Å². The molecule has 56 valence electrons. The van der Waals surface area contributed by atoms with Crippen molar-refractivity contribution in [1.29, 1.82) is 0 Å². The molecule has 0 saturated heterocycles. The highest BCUT2D eigenvalue weighted by Crippen LogP contribution is 2.22. The summed E-state index contributed by atoms with van der Waals surface area (Å²) in [6, 6.07) is 4.05. The van der Waals surface area contributed by atoms with E-state index < -0.39 is 0 Å².